The Morgan fingerprint density at radius 3 is 2.59 bits per heavy atom. The molecule has 1 heterocycles. The number of thiazole rings is 1. The van der Waals surface area contributed by atoms with E-state index in [-0.39, 0.29) is 11.3 Å². The lowest BCUT2D eigenvalue weighted by molar-refractivity contribution is -0.124. The summed E-state index contributed by atoms with van der Waals surface area (Å²) in [6, 6.07) is 8.13. The smallest absolute Gasteiger partial charge is 0.236 e. The fraction of sp³-hybridized carbons (Fsp3) is 0.412. The van der Waals surface area contributed by atoms with Crippen molar-refractivity contribution in [2.45, 2.75) is 43.4 Å². The number of nitrogens with zero attached hydrogens (tertiary/aromatic N) is 1. The van der Waals surface area contributed by atoms with Crippen LogP contribution in [-0.2, 0) is 10.2 Å². The summed E-state index contributed by atoms with van der Waals surface area (Å²) < 4.78 is 1.04. The van der Waals surface area contributed by atoms with Crippen LogP contribution in [0.2, 0.25) is 0 Å². The highest BCUT2D eigenvalue weighted by atomic mass is 79.9. The molecular formula is C17H17BrN2OS. The summed E-state index contributed by atoms with van der Waals surface area (Å²) in [4.78, 5) is 17.4. The van der Waals surface area contributed by atoms with E-state index in [1.54, 1.807) is 11.3 Å². The van der Waals surface area contributed by atoms with Gasteiger partial charge < -0.3 is 5.32 Å². The van der Waals surface area contributed by atoms with E-state index in [0.717, 1.165) is 40.1 Å². The number of nitrogens with one attached hydrogen (secondary N) is 1. The summed E-state index contributed by atoms with van der Waals surface area (Å²) in [7, 11) is 0. The van der Waals surface area contributed by atoms with Gasteiger partial charge in [0.05, 0.1) is 11.1 Å². The molecule has 2 aliphatic rings. The second kappa shape index (κ2) is 5.46. The third-order valence-electron chi connectivity index (χ3n) is 4.78. The number of aromatic nitrogens is 1. The third kappa shape index (κ3) is 2.50. The molecule has 0 radical (unpaired) electrons. The first-order valence-electron chi connectivity index (χ1n) is 7.70. The number of rotatable bonds is 4. The van der Waals surface area contributed by atoms with E-state index in [4.69, 9.17) is 0 Å². The van der Waals surface area contributed by atoms with E-state index in [9.17, 15) is 4.79 Å². The molecule has 0 spiro atoms. The van der Waals surface area contributed by atoms with Gasteiger partial charge in [-0.3, -0.25) is 4.79 Å². The number of hydrogen-bond donors (Lipinski definition) is 1. The van der Waals surface area contributed by atoms with Gasteiger partial charge in [0.15, 0.2) is 5.13 Å². The van der Waals surface area contributed by atoms with Crippen LogP contribution >= 0.6 is 27.3 Å². The number of anilines is 1. The summed E-state index contributed by atoms with van der Waals surface area (Å²) in [5.41, 5.74) is 1.89. The zero-order valence-electron chi connectivity index (χ0n) is 12.1. The molecule has 22 heavy (non-hydrogen) atoms. The Labute approximate surface area is 142 Å². The first kappa shape index (κ1) is 14.4. The molecule has 3 nitrogen and oxygen atoms in total. The number of hydrogen-bond acceptors (Lipinski definition) is 3. The Morgan fingerprint density at radius 1 is 1.27 bits per heavy atom. The van der Waals surface area contributed by atoms with Gasteiger partial charge in [-0.25, -0.2) is 4.98 Å². The Kier molecular flexibility index (Phi) is 3.57. The largest absolute Gasteiger partial charge is 0.301 e. The van der Waals surface area contributed by atoms with Crippen LogP contribution in [0, 0.1) is 0 Å². The van der Waals surface area contributed by atoms with Crippen molar-refractivity contribution in [3.63, 3.8) is 0 Å². The van der Waals surface area contributed by atoms with Crippen LogP contribution < -0.4 is 5.32 Å². The minimum atomic E-state index is -0.369. The fourth-order valence-electron chi connectivity index (χ4n) is 3.07. The molecule has 0 saturated heterocycles. The van der Waals surface area contributed by atoms with Gasteiger partial charge in [0.2, 0.25) is 5.91 Å². The molecule has 1 amide bonds. The molecule has 0 atom stereocenters. The third-order valence-corrected chi connectivity index (χ3v) is 6.08. The second-order valence-corrected chi connectivity index (χ2v) is 8.02. The van der Waals surface area contributed by atoms with Crippen molar-refractivity contribution in [3.8, 4) is 0 Å². The van der Waals surface area contributed by atoms with Gasteiger partial charge in [0.25, 0.3) is 0 Å². The predicted molar refractivity (Wildman–Crippen MR) is 92.4 cm³/mol. The maximum Gasteiger partial charge on any atom is 0.236 e. The molecule has 2 aromatic rings. The Hall–Kier alpha value is -1.20. The number of amides is 1. The first-order chi connectivity index (χ1) is 10.7. The van der Waals surface area contributed by atoms with Gasteiger partial charge in [0, 0.05) is 15.8 Å². The van der Waals surface area contributed by atoms with E-state index in [2.05, 4.69) is 43.7 Å². The fourth-order valence-corrected chi connectivity index (χ4v) is 4.12. The number of carbonyl (C=O) groups excluding carboxylic acids is 1. The van der Waals surface area contributed by atoms with Gasteiger partial charge in [0.1, 0.15) is 0 Å². The van der Waals surface area contributed by atoms with E-state index < -0.39 is 0 Å². The molecule has 0 bridgehead atoms. The summed E-state index contributed by atoms with van der Waals surface area (Å²) in [6.07, 6.45) is 5.41. The van der Waals surface area contributed by atoms with Crippen LogP contribution in [0.4, 0.5) is 5.13 Å². The Morgan fingerprint density at radius 2 is 2.00 bits per heavy atom. The molecule has 1 aromatic carbocycles. The first-order valence-corrected chi connectivity index (χ1v) is 9.38. The van der Waals surface area contributed by atoms with Crippen LogP contribution in [0.25, 0.3) is 0 Å². The van der Waals surface area contributed by atoms with Crippen molar-refractivity contribution >= 4 is 38.3 Å². The van der Waals surface area contributed by atoms with Gasteiger partial charge in [-0.1, -0.05) is 34.5 Å². The van der Waals surface area contributed by atoms with E-state index in [1.807, 2.05) is 12.1 Å². The summed E-state index contributed by atoms with van der Waals surface area (Å²) in [5, 5.41) is 5.89. The van der Waals surface area contributed by atoms with Crippen molar-refractivity contribution in [2.24, 2.45) is 0 Å². The minimum absolute atomic E-state index is 0.0952. The van der Waals surface area contributed by atoms with Crippen molar-refractivity contribution in [1.82, 2.24) is 4.98 Å². The minimum Gasteiger partial charge on any atom is -0.301 e. The number of carbonyl (C=O) groups is 1. The van der Waals surface area contributed by atoms with Gasteiger partial charge >= 0.3 is 0 Å². The zero-order valence-corrected chi connectivity index (χ0v) is 14.5. The summed E-state index contributed by atoms with van der Waals surface area (Å²) in [6.45, 7) is 0. The van der Waals surface area contributed by atoms with Gasteiger partial charge in [-0.2, -0.15) is 0 Å². The average Bonchev–Trinajstić information content (AvgIpc) is 3.21. The second-order valence-electron chi connectivity index (χ2n) is 6.25. The van der Waals surface area contributed by atoms with Gasteiger partial charge in [-0.05, 0) is 43.4 Å². The lowest BCUT2D eigenvalue weighted by Crippen LogP contribution is -2.46. The van der Waals surface area contributed by atoms with E-state index >= 15 is 0 Å². The molecule has 0 aliphatic heterocycles. The molecular weight excluding hydrogens is 360 g/mol. The van der Waals surface area contributed by atoms with Crippen molar-refractivity contribution in [3.05, 3.63) is 45.4 Å². The average molecular weight is 377 g/mol. The van der Waals surface area contributed by atoms with Crippen molar-refractivity contribution in [1.29, 1.82) is 0 Å². The lowest BCUT2D eigenvalue weighted by atomic mass is 9.64. The molecule has 1 aromatic heterocycles. The lowest BCUT2D eigenvalue weighted by Gasteiger charge is -2.40. The molecule has 2 fully saturated rings. The van der Waals surface area contributed by atoms with E-state index in [0.29, 0.717) is 5.92 Å². The highest BCUT2D eigenvalue weighted by Crippen LogP contribution is 2.45. The van der Waals surface area contributed by atoms with Crippen LogP contribution in [0.1, 0.15) is 49.3 Å². The molecule has 2 saturated carbocycles. The molecule has 4 rings (SSSR count). The van der Waals surface area contributed by atoms with E-state index in [1.165, 1.54) is 12.8 Å². The normalized spacial score (nSPS) is 19.5. The molecule has 0 unspecified atom stereocenters. The Balaban J connectivity index is 1.55. The quantitative estimate of drug-likeness (QED) is 0.828. The van der Waals surface area contributed by atoms with Gasteiger partial charge in [-0.15, -0.1) is 11.3 Å². The maximum absolute atomic E-state index is 12.8. The SMILES string of the molecule is O=C(Nc1nc(C2CC2)cs1)C1(c2ccc(Br)cc2)CCC1. The topological polar surface area (TPSA) is 42.0 Å². The highest BCUT2D eigenvalue weighted by molar-refractivity contribution is 9.10. The summed E-state index contributed by atoms with van der Waals surface area (Å²) >= 11 is 5.00. The number of halogens is 1. The van der Waals surface area contributed by atoms with Crippen molar-refractivity contribution in [2.75, 3.05) is 5.32 Å². The molecule has 1 N–H and O–H groups in total. The van der Waals surface area contributed by atoms with Crippen molar-refractivity contribution < 1.29 is 4.79 Å². The van der Waals surface area contributed by atoms with Crippen LogP contribution in [0.15, 0.2) is 34.1 Å². The molecule has 5 heteroatoms. The van der Waals surface area contributed by atoms with Crippen LogP contribution in [0.3, 0.4) is 0 Å². The Bertz CT molecular complexity index is 702. The monoisotopic (exact) mass is 376 g/mol. The number of benzene rings is 1. The predicted octanol–water partition coefficient (Wildman–Crippen LogP) is 4.84. The van der Waals surface area contributed by atoms with Crippen LogP contribution in [0.5, 0.6) is 0 Å². The maximum atomic E-state index is 12.8. The molecule has 2 aliphatic carbocycles. The zero-order chi connectivity index (χ0) is 15.2. The summed E-state index contributed by atoms with van der Waals surface area (Å²) in [5.74, 6) is 0.726. The molecule has 114 valence electrons. The highest BCUT2D eigenvalue weighted by Gasteiger charge is 2.45. The van der Waals surface area contributed by atoms with Crippen LogP contribution in [-0.4, -0.2) is 10.9 Å². The standard InChI is InChI=1S/C17H17BrN2OS/c18-13-6-4-12(5-7-13)17(8-1-9-17)15(21)20-16-19-14(10-22-16)11-2-3-11/h4-7,10-11H,1-3,8-9H2,(H,19,20,21).